The number of primary amides is 1. The molecule has 0 saturated heterocycles. The molecule has 0 saturated carbocycles. The van der Waals surface area contributed by atoms with E-state index >= 15 is 0 Å². The van der Waals surface area contributed by atoms with E-state index in [9.17, 15) is 14.7 Å². The molecule has 1 rings (SSSR count). The maximum Gasteiger partial charge on any atom is 0.405 e. The summed E-state index contributed by atoms with van der Waals surface area (Å²) >= 11 is 0. The van der Waals surface area contributed by atoms with Crippen molar-refractivity contribution in [3.05, 3.63) is 23.8 Å². The van der Waals surface area contributed by atoms with Crippen LogP contribution in [0.15, 0.2) is 18.2 Å². The molecule has 0 heterocycles. The third kappa shape index (κ3) is 6.76. The Hall–Kier alpha value is -2.44. The first-order valence-electron chi connectivity index (χ1n) is 7.72. The van der Waals surface area contributed by atoms with Crippen molar-refractivity contribution in [2.45, 2.75) is 39.7 Å². The maximum absolute atomic E-state index is 12.2. The first kappa shape index (κ1) is 19.6. The fourth-order valence-corrected chi connectivity index (χ4v) is 2.22. The number of carbonyl (C=O) groups excluding carboxylic acids is 2. The van der Waals surface area contributed by atoms with E-state index in [0.717, 1.165) is 5.56 Å². The molecule has 134 valence electrons. The van der Waals surface area contributed by atoms with Gasteiger partial charge in [0.25, 0.3) is 5.91 Å². The van der Waals surface area contributed by atoms with Crippen LogP contribution in [0.25, 0.3) is 0 Å². The molecule has 7 heteroatoms. The average molecular weight is 338 g/mol. The van der Waals surface area contributed by atoms with Crippen LogP contribution in [0.4, 0.5) is 4.79 Å². The molecular weight excluding hydrogens is 312 g/mol. The topological polar surface area (TPSA) is 111 Å². The number of hydrogen-bond donors (Lipinski definition) is 3. The zero-order valence-corrected chi connectivity index (χ0v) is 14.6. The van der Waals surface area contributed by atoms with Gasteiger partial charge in [-0.05, 0) is 36.0 Å². The molecule has 2 amide bonds. The zero-order chi connectivity index (χ0) is 18.3. The first-order valence-corrected chi connectivity index (χ1v) is 7.72. The molecule has 0 spiro atoms. The smallest absolute Gasteiger partial charge is 0.405 e. The van der Waals surface area contributed by atoms with Crippen LogP contribution in [0, 0.1) is 5.41 Å². The summed E-state index contributed by atoms with van der Waals surface area (Å²) in [4.78, 5) is 23.2. The van der Waals surface area contributed by atoms with Gasteiger partial charge in [-0.3, -0.25) is 4.79 Å². The monoisotopic (exact) mass is 338 g/mol. The Balaban J connectivity index is 2.58. The Labute approximate surface area is 142 Å². The van der Waals surface area contributed by atoms with E-state index in [-0.39, 0.29) is 17.1 Å². The van der Waals surface area contributed by atoms with Crippen molar-refractivity contribution < 1.29 is 24.2 Å². The lowest BCUT2D eigenvalue weighted by Crippen LogP contribution is -2.41. The van der Waals surface area contributed by atoms with E-state index in [2.05, 4.69) is 5.32 Å². The molecule has 1 atom stereocenters. The number of phenols is 1. The molecule has 7 nitrogen and oxygen atoms in total. The van der Waals surface area contributed by atoms with Gasteiger partial charge in [-0.1, -0.05) is 26.8 Å². The van der Waals surface area contributed by atoms with Crippen LogP contribution >= 0.6 is 0 Å². The number of nitrogens with one attached hydrogen (secondary N) is 1. The van der Waals surface area contributed by atoms with Crippen LogP contribution in [-0.4, -0.2) is 36.9 Å². The van der Waals surface area contributed by atoms with Gasteiger partial charge < -0.3 is 25.6 Å². The van der Waals surface area contributed by atoms with Crippen LogP contribution in [-0.2, 0) is 16.0 Å². The molecule has 4 N–H and O–H groups in total. The summed E-state index contributed by atoms with van der Waals surface area (Å²) in [5.41, 5.74) is 5.68. The summed E-state index contributed by atoms with van der Waals surface area (Å²) in [5, 5.41) is 12.5. The van der Waals surface area contributed by atoms with Crippen molar-refractivity contribution in [2.75, 3.05) is 13.7 Å². The third-order valence-electron chi connectivity index (χ3n) is 3.30. The molecule has 24 heavy (non-hydrogen) atoms. The van der Waals surface area contributed by atoms with Crippen molar-refractivity contribution in [3.8, 4) is 11.5 Å². The largest absolute Gasteiger partial charge is 0.504 e. The van der Waals surface area contributed by atoms with E-state index in [1.54, 1.807) is 18.2 Å². The molecule has 1 aromatic rings. The molecule has 0 fully saturated rings. The average Bonchev–Trinajstić information content (AvgIpc) is 2.44. The van der Waals surface area contributed by atoms with Crippen molar-refractivity contribution in [3.63, 3.8) is 0 Å². The van der Waals surface area contributed by atoms with Gasteiger partial charge in [0.15, 0.2) is 17.6 Å². The molecule has 0 radical (unpaired) electrons. The predicted molar refractivity (Wildman–Crippen MR) is 89.9 cm³/mol. The summed E-state index contributed by atoms with van der Waals surface area (Å²) in [6, 6.07) is 5.04. The standard InChI is InChI=1S/C17H26N2O5/c1-17(2,3)10-14(24-16(18)22)15(21)19-8-7-11-5-6-13(23-4)12(20)9-11/h5-6,9,14,20H,7-8,10H2,1-4H3,(H2,18,22)(H,19,21). The van der Waals surface area contributed by atoms with Crippen LogP contribution < -0.4 is 15.8 Å². The number of ether oxygens (including phenoxy) is 2. The highest BCUT2D eigenvalue weighted by Gasteiger charge is 2.27. The van der Waals surface area contributed by atoms with Crippen LogP contribution in [0.2, 0.25) is 0 Å². The number of rotatable bonds is 7. The summed E-state index contributed by atoms with van der Waals surface area (Å²) < 4.78 is 9.89. The first-order chi connectivity index (χ1) is 11.1. The van der Waals surface area contributed by atoms with Gasteiger partial charge in [-0.2, -0.15) is 0 Å². The lowest BCUT2D eigenvalue weighted by molar-refractivity contribution is -0.130. The van der Waals surface area contributed by atoms with Crippen molar-refractivity contribution in [2.24, 2.45) is 11.1 Å². The van der Waals surface area contributed by atoms with Gasteiger partial charge >= 0.3 is 6.09 Å². The summed E-state index contributed by atoms with van der Waals surface area (Å²) in [5.74, 6) is 0.0494. The second-order valence-electron chi connectivity index (χ2n) is 6.74. The highest BCUT2D eigenvalue weighted by Crippen LogP contribution is 2.26. The van der Waals surface area contributed by atoms with Gasteiger partial charge in [0.2, 0.25) is 0 Å². The summed E-state index contributed by atoms with van der Waals surface area (Å²) in [6.07, 6.45) is -1.01. The quantitative estimate of drug-likeness (QED) is 0.704. The summed E-state index contributed by atoms with van der Waals surface area (Å²) in [6.45, 7) is 6.17. The number of benzene rings is 1. The Bertz CT molecular complexity index is 581. The number of nitrogens with two attached hydrogens (primary N) is 1. The van der Waals surface area contributed by atoms with E-state index in [0.29, 0.717) is 25.1 Å². The molecule has 0 bridgehead atoms. The molecule has 1 aromatic carbocycles. The number of amides is 2. The summed E-state index contributed by atoms with van der Waals surface area (Å²) in [7, 11) is 1.48. The van der Waals surface area contributed by atoms with Gasteiger partial charge in [0.1, 0.15) is 0 Å². The predicted octanol–water partition coefficient (Wildman–Crippen LogP) is 1.96. The molecule has 0 aliphatic carbocycles. The highest BCUT2D eigenvalue weighted by atomic mass is 16.6. The van der Waals surface area contributed by atoms with Gasteiger partial charge in [0.05, 0.1) is 7.11 Å². The number of carbonyl (C=O) groups is 2. The lowest BCUT2D eigenvalue weighted by atomic mass is 9.89. The Kier molecular flexibility index (Phi) is 6.88. The second-order valence-corrected chi connectivity index (χ2v) is 6.74. The van der Waals surface area contributed by atoms with Crippen molar-refractivity contribution in [1.82, 2.24) is 5.32 Å². The zero-order valence-electron chi connectivity index (χ0n) is 14.6. The number of hydrogen-bond acceptors (Lipinski definition) is 5. The minimum atomic E-state index is -0.973. The van der Waals surface area contributed by atoms with Gasteiger partial charge in [-0.25, -0.2) is 4.79 Å². The SMILES string of the molecule is COc1ccc(CCNC(=O)C(CC(C)(C)C)OC(N)=O)cc1O. The lowest BCUT2D eigenvalue weighted by Gasteiger charge is -2.24. The van der Waals surface area contributed by atoms with Crippen LogP contribution in [0.5, 0.6) is 11.5 Å². The Morgan fingerprint density at radius 2 is 2.00 bits per heavy atom. The Morgan fingerprint density at radius 1 is 1.33 bits per heavy atom. The second kappa shape index (κ2) is 8.42. The minimum absolute atomic E-state index is 0.0454. The maximum atomic E-state index is 12.2. The van der Waals surface area contributed by atoms with E-state index in [4.69, 9.17) is 15.2 Å². The third-order valence-corrected chi connectivity index (χ3v) is 3.30. The normalized spacial score (nSPS) is 12.3. The van der Waals surface area contributed by atoms with Gasteiger partial charge in [0, 0.05) is 6.54 Å². The molecule has 0 aliphatic heterocycles. The van der Waals surface area contributed by atoms with Crippen molar-refractivity contribution in [1.29, 1.82) is 0 Å². The van der Waals surface area contributed by atoms with E-state index in [1.807, 2.05) is 20.8 Å². The van der Waals surface area contributed by atoms with E-state index < -0.39 is 12.2 Å². The molecule has 0 aromatic heterocycles. The minimum Gasteiger partial charge on any atom is -0.504 e. The fraction of sp³-hybridized carbons (Fsp3) is 0.529. The Morgan fingerprint density at radius 3 is 2.50 bits per heavy atom. The molecular formula is C17H26N2O5. The number of phenolic OH excluding ortho intramolecular Hbond substituents is 1. The van der Waals surface area contributed by atoms with Crippen LogP contribution in [0.1, 0.15) is 32.8 Å². The fourth-order valence-electron chi connectivity index (χ4n) is 2.22. The number of aromatic hydroxyl groups is 1. The number of methoxy groups -OCH3 is 1. The van der Waals surface area contributed by atoms with Crippen molar-refractivity contribution >= 4 is 12.0 Å². The molecule has 0 aliphatic rings. The van der Waals surface area contributed by atoms with Gasteiger partial charge in [-0.15, -0.1) is 0 Å². The molecule has 1 unspecified atom stereocenters. The van der Waals surface area contributed by atoms with Crippen LogP contribution in [0.3, 0.4) is 0 Å². The highest BCUT2D eigenvalue weighted by molar-refractivity contribution is 5.83. The van der Waals surface area contributed by atoms with E-state index in [1.165, 1.54) is 7.11 Å².